The number of methoxy groups -OCH3 is 2. The van der Waals surface area contributed by atoms with Crippen LogP contribution >= 0.6 is 0 Å². The highest BCUT2D eigenvalue weighted by atomic mass is 19.1. The zero-order valence-corrected chi connectivity index (χ0v) is 30.6. The molecule has 2 bridgehead atoms. The first-order chi connectivity index (χ1) is 24.1. The van der Waals surface area contributed by atoms with E-state index in [0.29, 0.717) is 25.1 Å². The number of primary amides is 1. The van der Waals surface area contributed by atoms with E-state index in [1.807, 2.05) is 25.9 Å². The summed E-state index contributed by atoms with van der Waals surface area (Å²) >= 11 is 0. The molecule has 0 aromatic heterocycles. The van der Waals surface area contributed by atoms with Crippen LogP contribution in [-0.4, -0.2) is 99.4 Å². The van der Waals surface area contributed by atoms with Gasteiger partial charge in [-0.3, -0.25) is 14.4 Å². The number of nitrogens with zero attached hydrogens (tertiary/aromatic N) is 1. The lowest BCUT2D eigenvalue weighted by Gasteiger charge is -2.30. The highest BCUT2D eigenvalue weighted by molar-refractivity contribution is 6.39. The fourth-order valence-corrected chi connectivity index (χ4v) is 6.15. The number of aliphatic hydroxyl groups excluding tert-OH is 1. The van der Waals surface area contributed by atoms with Crippen LogP contribution in [0.1, 0.15) is 46.1 Å². The molecule has 51 heavy (non-hydrogen) atoms. The van der Waals surface area contributed by atoms with Gasteiger partial charge in [0.1, 0.15) is 17.6 Å². The molecule has 1 aliphatic heterocycles. The maximum absolute atomic E-state index is 14.5. The Hall–Kier alpha value is -4.43. The van der Waals surface area contributed by atoms with Crippen LogP contribution in [0.5, 0.6) is 0 Å². The number of nitrogens with two attached hydrogens (primary N) is 1. The second-order valence-corrected chi connectivity index (χ2v) is 13.3. The lowest BCUT2D eigenvalue weighted by molar-refractivity contribution is -0.120. The zero-order valence-electron chi connectivity index (χ0n) is 30.6. The zero-order chi connectivity index (χ0) is 38.0. The van der Waals surface area contributed by atoms with Crippen molar-refractivity contribution in [1.29, 1.82) is 0 Å². The van der Waals surface area contributed by atoms with Gasteiger partial charge >= 0.3 is 6.09 Å². The molecule has 1 heterocycles. The number of carbonyl (C=O) groups excluding carboxylic acids is 4. The molecular formula is C38H51FN4O8. The van der Waals surface area contributed by atoms with Gasteiger partial charge in [0, 0.05) is 44.4 Å². The minimum absolute atomic E-state index is 0.0715. The molecule has 278 valence electrons. The summed E-state index contributed by atoms with van der Waals surface area (Å²) in [4.78, 5) is 56.3. The SMILES string of the molecule is CO[C@H]1/C=C\C=C(\C)C(=O)NC2=C(c3ccc(F)cc3)C(=O)C(NCCN(C)C)=C(C[C@@H](C)C[C@H](OC)[C@H](O)[C@@H](C)/C=C(/C)[C@@H]1OC(N)=O)C2=O. The Bertz CT molecular complexity index is 1610. The van der Waals surface area contributed by atoms with Crippen LogP contribution in [0.4, 0.5) is 9.18 Å². The van der Waals surface area contributed by atoms with Crippen molar-refractivity contribution >= 4 is 29.1 Å². The van der Waals surface area contributed by atoms with Crippen LogP contribution in [0.3, 0.4) is 0 Å². The number of ether oxygens (including phenoxy) is 3. The molecule has 0 unspecified atom stereocenters. The minimum Gasteiger partial charge on any atom is -0.439 e. The highest BCUT2D eigenvalue weighted by Gasteiger charge is 2.38. The van der Waals surface area contributed by atoms with Gasteiger partial charge in [0.25, 0.3) is 5.91 Å². The summed E-state index contributed by atoms with van der Waals surface area (Å²) in [6.45, 7) is 7.83. The number of Topliss-reactive ketones (excluding diaryl/α,β-unsaturated/α-hetero) is 2. The Morgan fingerprint density at radius 1 is 1.08 bits per heavy atom. The first-order valence-electron chi connectivity index (χ1n) is 16.8. The molecule has 1 aromatic carbocycles. The second kappa shape index (κ2) is 18.7. The van der Waals surface area contributed by atoms with Crippen LogP contribution in [0, 0.1) is 17.7 Å². The van der Waals surface area contributed by atoms with E-state index >= 15 is 0 Å². The number of fused-ring (bicyclic) bond motifs is 2. The summed E-state index contributed by atoms with van der Waals surface area (Å²) in [5.41, 5.74) is 6.37. The summed E-state index contributed by atoms with van der Waals surface area (Å²) < 4.78 is 30.8. The standard InChI is InChI=1S/C38H51FN4O8/c1-21-18-27-31(41-16-17-43(5)6)35(46)30(25-12-14-26(39)15-13-25)32(34(27)45)42-37(47)22(2)10-9-11-28(49-7)36(51-38(40)48)24(4)20-23(3)33(44)29(19-21)50-8/h9-15,20-21,23,28-29,33,36,41,44H,16-19H2,1-8H3,(H2,40,48)(H,42,47)/b11-9-,22-10-,24-20-/t21-,23+,28+,29+,33-,36+/m1/s1. The maximum Gasteiger partial charge on any atom is 0.405 e. The van der Waals surface area contributed by atoms with Crippen molar-refractivity contribution in [3.05, 3.63) is 88.1 Å². The molecule has 0 radical (unpaired) electrons. The molecule has 0 saturated heterocycles. The maximum atomic E-state index is 14.5. The predicted octanol–water partition coefficient (Wildman–Crippen LogP) is 3.58. The molecule has 0 fully saturated rings. The Kier molecular flexibility index (Phi) is 15.0. The Morgan fingerprint density at radius 2 is 1.75 bits per heavy atom. The van der Waals surface area contributed by atoms with Crippen molar-refractivity contribution in [1.82, 2.24) is 15.5 Å². The van der Waals surface area contributed by atoms with Crippen LogP contribution in [-0.2, 0) is 28.6 Å². The van der Waals surface area contributed by atoms with Gasteiger partial charge in [-0.2, -0.15) is 0 Å². The monoisotopic (exact) mass is 710 g/mol. The summed E-state index contributed by atoms with van der Waals surface area (Å²) in [5.74, 6) is -3.05. The molecular weight excluding hydrogens is 659 g/mol. The van der Waals surface area contributed by atoms with Gasteiger partial charge in [-0.1, -0.05) is 50.3 Å². The summed E-state index contributed by atoms with van der Waals surface area (Å²) in [5, 5.41) is 17.3. The Morgan fingerprint density at radius 3 is 2.33 bits per heavy atom. The van der Waals surface area contributed by atoms with E-state index in [2.05, 4.69) is 10.6 Å². The molecule has 2 aliphatic rings. The number of ketones is 2. The van der Waals surface area contributed by atoms with Crippen molar-refractivity contribution in [2.75, 3.05) is 41.4 Å². The van der Waals surface area contributed by atoms with Gasteiger partial charge in [0.15, 0.2) is 6.10 Å². The van der Waals surface area contributed by atoms with Crippen molar-refractivity contribution in [3.8, 4) is 0 Å². The number of rotatable bonds is 8. The average molecular weight is 711 g/mol. The molecule has 1 aromatic rings. The molecule has 2 amide bonds. The Balaban J connectivity index is 2.24. The van der Waals surface area contributed by atoms with Gasteiger partial charge in [0.05, 0.1) is 23.5 Å². The summed E-state index contributed by atoms with van der Waals surface area (Å²) in [7, 11) is 6.66. The fraction of sp³-hybridized carbons (Fsp3) is 0.474. The number of hydrogen-bond acceptors (Lipinski definition) is 10. The lowest BCUT2D eigenvalue weighted by atomic mass is 9.81. The van der Waals surface area contributed by atoms with E-state index in [9.17, 15) is 28.7 Å². The van der Waals surface area contributed by atoms with Crippen LogP contribution < -0.4 is 16.4 Å². The van der Waals surface area contributed by atoms with Gasteiger partial charge in [-0.25, -0.2) is 9.18 Å². The molecule has 5 N–H and O–H groups in total. The molecule has 1 aliphatic carbocycles. The largest absolute Gasteiger partial charge is 0.439 e. The summed E-state index contributed by atoms with van der Waals surface area (Å²) in [6.07, 6.45) is 2.23. The third kappa shape index (κ3) is 10.8. The number of hydrogen-bond donors (Lipinski definition) is 4. The lowest BCUT2D eigenvalue weighted by Crippen LogP contribution is -2.40. The number of allylic oxidation sites excluding steroid dienone is 4. The topological polar surface area (TPSA) is 170 Å². The number of amides is 2. The molecule has 12 nitrogen and oxygen atoms in total. The number of nitrogens with one attached hydrogen (secondary N) is 2. The molecule has 6 atom stereocenters. The number of carbonyl (C=O) groups is 4. The van der Waals surface area contributed by atoms with E-state index in [0.717, 1.165) is 0 Å². The Labute approximate surface area is 299 Å². The molecule has 0 spiro atoms. The number of halogens is 1. The van der Waals surface area contributed by atoms with Gasteiger partial charge in [0.2, 0.25) is 11.6 Å². The number of likely N-dealkylation sites (N-methyl/N-ethyl adjacent to an activating group) is 1. The van der Waals surface area contributed by atoms with Gasteiger partial charge < -0.3 is 40.6 Å². The van der Waals surface area contributed by atoms with Crippen molar-refractivity contribution in [2.45, 2.75) is 65.0 Å². The smallest absolute Gasteiger partial charge is 0.405 e. The normalized spacial score (nSPS) is 28.5. The first-order valence-corrected chi connectivity index (χ1v) is 16.8. The van der Waals surface area contributed by atoms with Crippen LogP contribution in [0.15, 0.2) is 76.7 Å². The first kappa shape index (κ1) is 41.0. The van der Waals surface area contributed by atoms with E-state index in [-0.39, 0.29) is 46.0 Å². The quantitative estimate of drug-likeness (QED) is 0.231. The second-order valence-electron chi connectivity index (χ2n) is 13.3. The van der Waals surface area contributed by atoms with Crippen molar-refractivity contribution in [2.24, 2.45) is 17.6 Å². The van der Waals surface area contributed by atoms with Crippen LogP contribution in [0.25, 0.3) is 5.57 Å². The highest BCUT2D eigenvalue weighted by Crippen LogP contribution is 2.34. The van der Waals surface area contributed by atoms with Crippen molar-refractivity contribution in [3.63, 3.8) is 0 Å². The van der Waals surface area contributed by atoms with Crippen LogP contribution in [0.2, 0.25) is 0 Å². The predicted molar refractivity (Wildman–Crippen MR) is 191 cm³/mol. The van der Waals surface area contributed by atoms with E-state index in [1.54, 1.807) is 26.0 Å². The average Bonchev–Trinajstić information content (AvgIpc) is 3.07. The number of benzene rings is 1. The van der Waals surface area contributed by atoms with Gasteiger partial charge in [-0.05, 0) is 70.0 Å². The third-order valence-corrected chi connectivity index (χ3v) is 8.94. The third-order valence-electron chi connectivity index (χ3n) is 8.94. The van der Waals surface area contributed by atoms with E-state index < -0.39 is 59.7 Å². The molecule has 13 heteroatoms. The fourth-order valence-electron chi connectivity index (χ4n) is 6.15. The minimum atomic E-state index is -1.02. The van der Waals surface area contributed by atoms with Gasteiger partial charge in [-0.15, -0.1) is 0 Å². The van der Waals surface area contributed by atoms with Crippen molar-refractivity contribution < 1.29 is 42.9 Å². The molecule has 0 saturated carbocycles. The van der Waals surface area contributed by atoms with E-state index in [4.69, 9.17) is 19.9 Å². The number of aliphatic hydroxyl groups is 1. The molecule has 3 rings (SSSR count). The van der Waals surface area contributed by atoms with E-state index in [1.165, 1.54) is 57.6 Å². The summed E-state index contributed by atoms with van der Waals surface area (Å²) in [6, 6.07) is 5.13.